The standard InChI is InChI=1S/C43H46ClF2N11O6/c44-43(45,46)63-31-6-4-29(5-7-31)49-39(59)28-24-33(34-8-14-48-51-34)38(47-25-28)55-22-20-53(21-23-55)30-11-15-52(16-12-30)26-27-9-17-54(18-10-27)35-3-1-2-32-37(35)41(61)57(40(32)60)56-19-13-36(58)50-42(56)62/h1-8,14,24-25,27,30H,9-13,15-23,26H2,(H,48,51)(H,49,59)(H,50,58,62). The van der Waals surface area contributed by atoms with Gasteiger partial charge in [0, 0.05) is 93.5 Å². The number of benzene rings is 2. The van der Waals surface area contributed by atoms with E-state index in [-0.39, 0.29) is 24.3 Å². The first-order valence-corrected chi connectivity index (χ1v) is 21.5. The van der Waals surface area contributed by atoms with E-state index in [0.29, 0.717) is 34.5 Å². The van der Waals surface area contributed by atoms with Crippen LogP contribution in [-0.4, -0.2) is 142 Å². The van der Waals surface area contributed by atoms with E-state index >= 15 is 0 Å². The lowest BCUT2D eigenvalue weighted by molar-refractivity contribution is -0.122. The van der Waals surface area contributed by atoms with Gasteiger partial charge in [-0.05, 0) is 93.2 Å². The smallest absolute Gasteiger partial charge is 0.420 e. The third-order valence-electron chi connectivity index (χ3n) is 12.6. The number of aromatic amines is 1. The second-order valence-corrected chi connectivity index (χ2v) is 16.9. The first kappa shape index (κ1) is 42.1. The normalized spacial score (nSPS) is 19.7. The molecule has 0 radical (unpaired) electrons. The Morgan fingerprint density at radius 1 is 0.857 bits per heavy atom. The van der Waals surface area contributed by atoms with Gasteiger partial charge in [-0.3, -0.25) is 34.5 Å². The van der Waals surface area contributed by atoms with E-state index in [9.17, 15) is 32.8 Å². The number of pyridine rings is 1. The highest BCUT2D eigenvalue weighted by Gasteiger charge is 2.45. The molecule has 7 heterocycles. The molecule has 5 aliphatic rings. The summed E-state index contributed by atoms with van der Waals surface area (Å²) >= 11 is 4.85. The number of piperazine rings is 1. The van der Waals surface area contributed by atoms with Gasteiger partial charge in [0.2, 0.25) is 5.91 Å². The maximum absolute atomic E-state index is 13.6. The van der Waals surface area contributed by atoms with Crippen molar-refractivity contribution in [2.45, 2.75) is 43.7 Å². The van der Waals surface area contributed by atoms with Crippen LogP contribution in [0.2, 0.25) is 0 Å². The number of alkyl halides is 3. The Hall–Kier alpha value is -6.18. The number of anilines is 3. The van der Waals surface area contributed by atoms with Gasteiger partial charge < -0.3 is 24.8 Å². The Balaban J connectivity index is 0.750. The predicted molar refractivity (Wildman–Crippen MR) is 228 cm³/mol. The number of urea groups is 1. The quantitative estimate of drug-likeness (QED) is 0.138. The highest BCUT2D eigenvalue weighted by atomic mass is 35.5. The number of ether oxygens (including phenoxy) is 1. The number of piperidine rings is 2. The first-order valence-electron chi connectivity index (χ1n) is 21.1. The van der Waals surface area contributed by atoms with Crippen LogP contribution in [0, 0.1) is 5.92 Å². The summed E-state index contributed by atoms with van der Waals surface area (Å²) in [4.78, 5) is 78.8. The second kappa shape index (κ2) is 17.5. The molecule has 5 aliphatic heterocycles. The number of nitrogens with zero attached hydrogens (tertiary/aromatic N) is 8. The highest BCUT2D eigenvalue weighted by molar-refractivity contribution is 6.24. The molecule has 0 saturated carbocycles. The van der Waals surface area contributed by atoms with E-state index in [0.717, 1.165) is 112 Å². The predicted octanol–water partition coefficient (Wildman–Crippen LogP) is 4.85. The Morgan fingerprint density at radius 2 is 1.60 bits per heavy atom. The van der Waals surface area contributed by atoms with Crippen molar-refractivity contribution in [3.63, 3.8) is 0 Å². The molecule has 0 atom stereocenters. The Kier molecular flexibility index (Phi) is 11.7. The van der Waals surface area contributed by atoms with Crippen LogP contribution in [0.25, 0.3) is 11.3 Å². The third-order valence-corrected chi connectivity index (χ3v) is 12.6. The molecule has 20 heteroatoms. The molecular formula is C43H46ClF2N11O6. The Labute approximate surface area is 366 Å². The zero-order valence-electron chi connectivity index (χ0n) is 34.3. The van der Waals surface area contributed by atoms with E-state index in [1.165, 1.54) is 30.5 Å². The van der Waals surface area contributed by atoms with Gasteiger partial charge in [0.25, 0.3) is 17.7 Å². The Bertz CT molecular complexity index is 2380. The number of likely N-dealkylation sites (tertiary alicyclic amines) is 1. The lowest BCUT2D eigenvalue weighted by Crippen LogP contribution is -2.58. The first-order chi connectivity index (χ1) is 30.4. The van der Waals surface area contributed by atoms with Gasteiger partial charge in [-0.1, -0.05) is 6.07 Å². The number of H-pyrrole nitrogens is 1. The minimum absolute atomic E-state index is 0.00873. The summed E-state index contributed by atoms with van der Waals surface area (Å²) in [6, 6.07) is 14.0. The molecule has 9 rings (SSSR count). The molecule has 0 bridgehead atoms. The third kappa shape index (κ3) is 9.03. The van der Waals surface area contributed by atoms with Gasteiger partial charge in [-0.25, -0.2) is 14.8 Å². The number of hydrogen-bond acceptors (Lipinski definition) is 12. The number of hydrazine groups is 1. The second-order valence-electron chi connectivity index (χ2n) is 16.4. The molecule has 4 aromatic rings. The van der Waals surface area contributed by atoms with Crippen molar-refractivity contribution in [3.05, 3.63) is 83.7 Å². The van der Waals surface area contributed by atoms with Crippen LogP contribution in [-0.2, 0) is 4.79 Å². The summed E-state index contributed by atoms with van der Waals surface area (Å²) < 4.78 is 30.4. The van der Waals surface area contributed by atoms with E-state index in [1.54, 1.807) is 24.4 Å². The zero-order chi connectivity index (χ0) is 43.8. The van der Waals surface area contributed by atoms with Crippen LogP contribution in [0.1, 0.15) is 63.2 Å². The van der Waals surface area contributed by atoms with Gasteiger partial charge in [0.15, 0.2) is 0 Å². The molecule has 4 fully saturated rings. The number of hydrogen-bond donors (Lipinski definition) is 3. The van der Waals surface area contributed by atoms with Gasteiger partial charge in [-0.2, -0.15) is 10.1 Å². The molecule has 2 aromatic carbocycles. The summed E-state index contributed by atoms with van der Waals surface area (Å²) in [5.41, 5.74) is -0.395. The molecule has 0 aliphatic carbocycles. The van der Waals surface area contributed by atoms with Crippen molar-refractivity contribution >= 4 is 58.5 Å². The van der Waals surface area contributed by atoms with E-state index in [4.69, 9.17) is 16.6 Å². The highest BCUT2D eigenvalue weighted by Crippen LogP contribution is 2.36. The monoisotopic (exact) mass is 885 g/mol. The number of fused-ring (bicyclic) bond motifs is 1. The van der Waals surface area contributed by atoms with Gasteiger partial charge in [0.05, 0.1) is 34.6 Å². The van der Waals surface area contributed by atoms with E-state index in [2.05, 4.69) is 45.2 Å². The summed E-state index contributed by atoms with van der Waals surface area (Å²) in [5.74, 6) is -0.841. The van der Waals surface area contributed by atoms with Crippen LogP contribution in [0.4, 0.5) is 30.8 Å². The minimum atomic E-state index is -3.84. The molecule has 330 valence electrons. The number of rotatable bonds is 11. The summed E-state index contributed by atoms with van der Waals surface area (Å²) in [5, 5.41) is 14.0. The van der Waals surface area contributed by atoms with Crippen molar-refractivity contribution in [1.29, 1.82) is 0 Å². The topological polar surface area (TPSA) is 180 Å². The number of aromatic nitrogens is 3. The molecule has 0 spiro atoms. The van der Waals surface area contributed by atoms with Crippen LogP contribution in [0.15, 0.2) is 67.0 Å². The summed E-state index contributed by atoms with van der Waals surface area (Å²) in [7, 11) is 0. The van der Waals surface area contributed by atoms with Crippen LogP contribution < -0.4 is 25.2 Å². The Morgan fingerprint density at radius 3 is 2.29 bits per heavy atom. The van der Waals surface area contributed by atoms with Crippen molar-refractivity contribution in [1.82, 2.24) is 40.3 Å². The molecule has 3 N–H and O–H groups in total. The summed E-state index contributed by atoms with van der Waals surface area (Å²) in [6.45, 7) is 7.83. The molecule has 0 unspecified atom stereocenters. The van der Waals surface area contributed by atoms with Crippen molar-refractivity contribution in [2.24, 2.45) is 5.92 Å². The van der Waals surface area contributed by atoms with Crippen LogP contribution in [0.3, 0.4) is 0 Å². The average Bonchev–Trinajstić information content (AvgIpc) is 3.91. The van der Waals surface area contributed by atoms with Gasteiger partial charge >= 0.3 is 11.6 Å². The fourth-order valence-electron chi connectivity index (χ4n) is 9.35. The number of carbonyl (C=O) groups excluding carboxylic acids is 5. The number of imide groups is 2. The molecule has 2 aromatic heterocycles. The maximum Gasteiger partial charge on any atom is 0.487 e. The van der Waals surface area contributed by atoms with Gasteiger partial charge in [0.1, 0.15) is 11.6 Å². The van der Waals surface area contributed by atoms with Crippen molar-refractivity contribution in [3.8, 4) is 17.0 Å². The minimum Gasteiger partial charge on any atom is -0.420 e. The number of halogens is 3. The van der Waals surface area contributed by atoms with Crippen LogP contribution in [0.5, 0.6) is 5.75 Å². The molecular weight excluding hydrogens is 840 g/mol. The molecule has 6 amide bonds. The SMILES string of the molecule is O=C1CCN(N2C(=O)c3cccc(N4CCC(CN5CCC(N6CCN(c7ncc(C(=O)Nc8ccc(OC(F)(F)Cl)cc8)cc7-c7ccn[nH]7)CC6)CC5)CC4)c3C2=O)C(=O)N1. The molecule has 17 nitrogen and oxygen atoms in total. The van der Waals surface area contributed by atoms with Crippen molar-refractivity contribution in [2.75, 3.05) is 80.6 Å². The van der Waals surface area contributed by atoms with Crippen LogP contribution >= 0.6 is 11.6 Å². The maximum atomic E-state index is 13.6. The lowest BCUT2D eigenvalue weighted by Gasteiger charge is -2.44. The number of amides is 6. The fraction of sp³-hybridized carbons (Fsp3) is 0.419. The zero-order valence-corrected chi connectivity index (χ0v) is 35.0. The largest absolute Gasteiger partial charge is 0.487 e. The van der Waals surface area contributed by atoms with E-state index < -0.39 is 35.2 Å². The van der Waals surface area contributed by atoms with E-state index in [1.807, 2.05) is 12.1 Å². The lowest BCUT2D eigenvalue weighted by atomic mass is 9.93. The summed E-state index contributed by atoms with van der Waals surface area (Å²) in [6.07, 6.45) is 7.28. The van der Waals surface area contributed by atoms with Crippen molar-refractivity contribution < 1.29 is 37.5 Å². The number of carbonyl (C=O) groups is 5. The van der Waals surface area contributed by atoms with Gasteiger partial charge in [-0.15, -0.1) is 8.78 Å². The average molecular weight is 886 g/mol. The fourth-order valence-corrected chi connectivity index (χ4v) is 9.44. The molecule has 63 heavy (non-hydrogen) atoms. The number of nitrogens with one attached hydrogen (secondary N) is 3. The molecule has 4 saturated heterocycles.